The van der Waals surface area contributed by atoms with Crippen LogP contribution in [-0.2, 0) is 6.42 Å². The molecule has 0 aliphatic heterocycles. The Morgan fingerprint density at radius 3 is 2.74 bits per heavy atom. The SMILES string of the molecule is CCC(N)Cc1cncc(Oc2ccc(C)nc2)c1. The lowest BCUT2D eigenvalue weighted by molar-refractivity contribution is 0.476. The molecule has 0 aliphatic rings. The Bertz CT molecular complexity index is 525. The fourth-order valence-electron chi connectivity index (χ4n) is 1.73. The molecule has 0 saturated heterocycles. The van der Waals surface area contributed by atoms with Crippen LogP contribution in [-0.4, -0.2) is 16.0 Å². The van der Waals surface area contributed by atoms with Gasteiger partial charge in [-0.25, -0.2) is 0 Å². The average molecular weight is 257 g/mol. The van der Waals surface area contributed by atoms with E-state index < -0.39 is 0 Å². The van der Waals surface area contributed by atoms with E-state index in [2.05, 4.69) is 16.9 Å². The predicted molar refractivity (Wildman–Crippen MR) is 75.3 cm³/mol. The van der Waals surface area contributed by atoms with Crippen molar-refractivity contribution in [1.82, 2.24) is 9.97 Å². The Balaban J connectivity index is 2.08. The van der Waals surface area contributed by atoms with Crippen molar-refractivity contribution in [2.24, 2.45) is 5.73 Å². The standard InChI is InChI=1S/C15H19N3O/c1-3-13(16)6-12-7-15(9-17-8-12)19-14-5-4-11(2)18-10-14/h4-5,7-10,13H,3,6,16H2,1-2H3. The second-order valence-electron chi connectivity index (χ2n) is 4.64. The van der Waals surface area contributed by atoms with Crippen molar-refractivity contribution in [3.63, 3.8) is 0 Å². The molecule has 0 radical (unpaired) electrons. The summed E-state index contributed by atoms with van der Waals surface area (Å²) in [6.07, 6.45) is 7.00. The summed E-state index contributed by atoms with van der Waals surface area (Å²) < 4.78 is 5.72. The van der Waals surface area contributed by atoms with Crippen LogP contribution in [0.1, 0.15) is 24.6 Å². The highest BCUT2D eigenvalue weighted by atomic mass is 16.5. The highest BCUT2D eigenvalue weighted by Crippen LogP contribution is 2.21. The molecular weight excluding hydrogens is 238 g/mol. The van der Waals surface area contributed by atoms with Crippen LogP contribution >= 0.6 is 0 Å². The van der Waals surface area contributed by atoms with Crippen molar-refractivity contribution in [3.8, 4) is 11.5 Å². The molecule has 0 bridgehead atoms. The number of hydrogen-bond donors (Lipinski definition) is 1. The van der Waals surface area contributed by atoms with Gasteiger partial charge in [0.05, 0.1) is 12.4 Å². The summed E-state index contributed by atoms with van der Waals surface area (Å²) in [5, 5.41) is 0. The maximum atomic E-state index is 5.95. The fraction of sp³-hybridized carbons (Fsp3) is 0.333. The third-order valence-electron chi connectivity index (χ3n) is 2.91. The van der Waals surface area contributed by atoms with E-state index >= 15 is 0 Å². The number of aryl methyl sites for hydroxylation is 1. The van der Waals surface area contributed by atoms with Gasteiger partial charge >= 0.3 is 0 Å². The van der Waals surface area contributed by atoms with Gasteiger partial charge in [0.1, 0.15) is 11.5 Å². The number of rotatable bonds is 5. The molecule has 4 nitrogen and oxygen atoms in total. The quantitative estimate of drug-likeness (QED) is 0.894. The van der Waals surface area contributed by atoms with Gasteiger partial charge in [0.15, 0.2) is 0 Å². The molecule has 0 fully saturated rings. The monoisotopic (exact) mass is 257 g/mol. The van der Waals surface area contributed by atoms with Gasteiger partial charge in [0, 0.05) is 17.9 Å². The first-order valence-electron chi connectivity index (χ1n) is 6.47. The normalized spacial score (nSPS) is 12.2. The van der Waals surface area contributed by atoms with Crippen molar-refractivity contribution in [2.45, 2.75) is 32.7 Å². The van der Waals surface area contributed by atoms with E-state index in [4.69, 9.17) is 10.5 Å². The lowest BCUT2D eigenvalue weighted by Crippen LogP contribution is -2.21. The Morgan fingerprint density at radius 1 is 1.21 bits per heavy atom. The van der Waals surface area contributed by atoms with Gasteiger partial charge in [0.2, 0.25) is 0 Å². The molecule has 4 heteroatoms. The molecule has 2 heterocycles. The highest BCUT2D eigenvalue weighted by Gasteiger charge is 2.04. The zero-order valence-corrected chi connectivity index (χ0v) is 11.3. The number of aromatic nitrogens is 2. The number of pyridine rings is 2. The van der Waals surface area contributed by atoms with Crippen LogP contribution < -0.4 is 10.5 Å². The second-order valence-corrected chi connectivity index (χ2v) is 4.64. The molecule has 2 aromatic rings. The second kappa shape index (κ2) is 6.29. The topological polar surface area (TPSA) is 61.0 Å². The summed E-state index contributed by atoms with van der Waals surface area (Å²) in [6, 6.07) is 5.95. The van der Waals surface area contributed by atoms with E-state index in [0.29, 0.717) is 11.5 Å². The lowest BCUT2D eigenvalue weighted by atomic mass is 10.1. The molecular formula is C15H19N3O. The minimum absolute atomic E-state index is 0.165. The van der Waals surface area contributed by atoms with Crippen LogP contribution in [0.4, 0.5) is 0 Å². The molecule has 100 valence electrons. The van der Waals surface area contributed by atoms with E-state index in [9.17, 15) is 0 Å². The Hall–Kier alpha value is -1.94. The Morgan fingerprint density at radius 2 is 2.05 bits per heavy atom. The first kappa shape index (κ1) is 13.5. The molecule has 0 saturated carbocycles. The molecule has 2 rings (SSSR count). The first-order valence-corrected chi connectivity index (χ1v) is 6.47. The molecule has 0 aliphatic carbocycles. The zero-order chi connectivity index (χ0) is 13.7. The van der Waals surface area contributed by atoms with E-state index in [-0.39, 0.29) is 6.04 Å². The minimum atomic E-state index is 0.165. The minimum Gasteiger partial charge on any atom is -0.454 e. The van der Waals surface area contributed by atoms with Gasteiger partial charge in [-0.15, -0.1) is 0 Å². The molecule has 19 heavy (non-hydrogen) atoms. The van der Waals surface area contributed by atoms with Crippen LogP contribution in [0.3, 0.4) is 0 Å². The van der Waals surface area contributed by atoms with Crippen molar-refractivity contribution in [2.75, 3.05) is 0 Å². The van der Waals surface area contributed by atoms with Crippen LogP contribution in [0.15, 0.2) is 36.8 Å². The largest absolute Gasteiger partial charge is 0.454 e. The summed E-state index contributed by atoms with van der Waals surface area (Å²) in [5.41, 5.74) is 8.00. The molecule has 0 amide bonds. The molecule has 1 atom stereocenters. The molecule has 1 unspecified atom stereocenters. The lowest BCUT2D eigenvalue weighted by Gasteiger charge is -2.10. The maximum Gasteiger partial charge on any atom is 0.146 e. The van der Waals surface area contributed by atoms with Gasteiger partial charge < -0.3 is 10.5 Å². The molecule has 2 N–H and O–H groups in total. The van der Waals surface area contributed by atoms with Crippen LogP contribution in [0.5, 0.6) is 11.5 Å². The van der Waals surface area contributed by atoms with E-state index in [1.165, 1.54) is 0 Å². The van der Waals surface area contributed by atoms with Crippen molar-refractivity contribution in [3.05, 3.63) is 48.0 Å². The Labute approximate surface area is 113 Å². The van der Waals surface area contributed by atoms with Gasteiger partial charge in [-0.1, -0.05) is 6.92 Å². The van der Waals surface area contributed by atoms with Crippen LogP contribution in [0.25, 0.3) is 0 Å². The number of hydrogen-bond acceptors (Lipinski definition) is 4. The first-order chi connectivity index (χ1) is 9.17. The predicted octanol–water partition coefficient (Wildman–Crippen LogP) is 2.86. The number of nitrogens with two attached hydrogens (primary N) is 1. The summed E-state index contributed by atoms with van der Waals surface area (Å²) in [5.74, 6) is 1.43. The molecule has 0 aromatic carbocycles. The summed E-state index contributed by atoms with van der Waals surface area (Å²) in [4.78, 5) is 8.38. The van der Waals surface area contributed by atoms with Crippen molar-refractivity contribution >= 4 is 0 Å². The Kier molecular flexibility index (Phi) is 4.47. The van der Waals surface area contributed by atoms with Gasteiger partial charge in [-0.05, 0) is 43.5 Å². The zero-order valence-electron chi connectivity index (χ0n) is 11.3. The van der Waals surface area contributed by atoms with Gasteiger partial charge in [-0.2, -0.15) is 0 Å². The van der Waals surface area contributed by atoms with Crippen molar-refractivity contribution in [1.29, 1.82) is 0 Å². The molecule has 0 spiro atoms. The third-order valence-corrected chi connectivity index (χ3v) is 2.91. The van der Waals surface area contributed by atoms with E-state index in [0.717, 1.165) is 24.1 Å². The number of ether oxygens (including phenoxy) is 1. The van der Waals surface area contributed by atoms with Crippen molar-refractivity contribution < 1.29 is 4.74 Å². The van der Waals surface area contributed by atoms with Gasteiger partial charge in [0.25, 0.3) is 0 Å². The third kappa shape index (κ3) is 4.03. The summed E-state index contributed by atoms with van der Waals surface area (Å²) in [6.45, 7) is 4.02. The van der Waals surface area contributed by atoms with Gasteiger partial charge in [-0.3, -0.25) is 9.97 Å². The highest BCUT2D eigenvalue weighted by molar-refractivity contribution is 5.30. The maximum absolute atomic E-state index is 5.95. The average Bonchev–Trinajstić information content (AvgIpc) is 2.42. The molecule has 2 aromatic heterocycles. The summed E-state index contributed by atoms with van der Waals surface area (Å²) in [7, 11) is 0. The fourth-order valence-corrected chi connectivity index (χ4v) is 1.73. The smallest absolute Gasteiger partial charge is 0.146 e. The summed E-state index contributed by atoms with van der Waals surface area (Å²) >= 11 is 0. The van der Waals surface area contributed by atoms with Crippen LogP contribution in [0.2, 0.25) is 0 Å². The van der Waals surface area contributed by atoms with E-state index in [1.807, 2.05) is 31.3 Å². The number of nitrogens with zero attached hydrogens (tertiary/aromatic N) is 2. The van der Waals surface area contributed by atoms with E-state index in [1.54, 1.807) is 12.4 Å². The van der Waals surface area contributed by atoms with Crippen LogP contribution in [0, 0.1) is 6.92 Å².